The Kier molecular flexibility index (Phi) is 9.69. The van der Waals surface area contributed by atoms with Crippen LogP contribution in [0.3, 0.4) is 0 Å². The second-order valence-corrected chi connectivity index (χ2v) is 13.2. The third-order valence-electron chi connectivity index (χ3n) is 5.24. The summed E-state index contributed by atoms with van der Waals surface area (Å²) in [7, 11) is -1.98. The van der Waals surface area contributed by atoms with Gasteiger partial charge in [0.25, 0.3) is 0 Å². The average molecular weight is 343 g/mol. The van der Waals surface area contributed by atoms with Crippen LogP contribution in [0.5, 0.6) is 0 Å². The van der Waals surface area contributed by atoms with Gasteiger partial charge < -0.3 is 14.6 Å². The predicted molar refractivity (Wildman–Crippen MR) is 101 cm³/mol. The minimum atomic E-state index is -1.98. The van der Waals surface area contributed by atoms with E-state index in [-0.39, 0.29) is 11.8 Å². The Morgan fingerprint density at radius 3 is 1.65 bits per heavy atom. The average Bonchev–Trinajstić information content (AvgIpc) is 2.45. The van der Waals surface area contributed by atoms with Crippen molar-refractivity contribution in [3.8, 4) is 11.8 Å². The molecule has 3 nitrogen and oxygen atoms in total. The Balaban J connectivity index is 5.00. The van der Waals surface area contributed by atoms with Crippen LogP contribution >= 0.6 is 0 Å². The van der Waals surface area contributed by atoms with Gasteiger partial charge in [-0.15, -0.1) is 5.92 Å². The van der Waals surface area contributed by atoms with Crippen molar-refractivity contribution < 1.29 is 14.6 Å². The SMILES string of the molecule is CC#C[C@@H](C)[C@@H](O)[C@@H](C)[C@@H](O)CO[Si](C(C)C)(C(C)C)C(C)C. The first-order chi connectivity index (χ1) is 10.5. The van der Waals surface area contributed by atoms with Gasteiger partial charge in [-0.2, -0.15) is 0 Å². The van der Waals surface area contributed by atoms with Crippen molar-refractivity contribution in [2.24, 2.45) is 11.8 Å². The van der Waals surface area contributed by atoms with Crippen molar-refractivity contribution in [3.63, 3.8) is 0 Å². The van der Waals surface area contributed by atoms with E-state index in [1.54, 1.807) is 6.92 Å². The van der Waals surface area contributed by atoms with E-state index in [0.29, 0.717) is 23.2 Å². The molecule has 0 saturated carbocycles. The van der Waals surface area contributed by atoms with Crippen LogP contribution in [0, 0.1) is 23.7 Å². The van der Waals surface area contributed by atoms with Gasteiger partial charge in [-0.1, -0.05) is 54.4 Å². The van der Waals surface area contributed by atoms with Crippen molar-refractivity contribution in [1.82, 2.24) is 0 Å². The van der Waals surface area contributed by atoms with Gasteiger partial charge in [0.2, 0.25) is 0 Å². The van der Waals surface area contributed by atoms with Gasteiger partial charge in [0.05, 0.1) is 18.8 Å². The lowest BCUT2D eigenvalue weighted by Gasteiger charge is -2.43. The third-order valence-corrected chi connectivity index (χ3v) is 11.3. The molecule has 0 bridgehead atoms. The van der Waals surface area contributed by atoms with E-state index in [0.717, 1.165) is 0 Å². The molecule has 0 unspecified atom stereocenters. The van der Waals surface area contributed by atoms with E-state index in [2.05, 4.69) is 53.4 Å². The second kappa shape index (κ2) is 9.83. The van der Waals surface area contributed by atoms with Gasteiger partial charge in [-0.05, 0) is 30.5 Å². The quantitative estimate of drug-likeness (QED) is 0.488. The van der Waals surface area contributed by atoms with Crippen molar-refractivity contribution in [1.29, 1.82) is 0 Å². The van der Waals surface area contributed by atoms with Crippen LogP contribution in [-0.2, 0) is 4.43 Å². The Morgan fingerprint density at radius 1 is 0.870 bits per heavy atom. The first kappa shape index (κ1) is 22.7. The number of aliphatic hydroxyl groups excluding tert-OH is 2. The smallest absolute Gasteiger partial charge is 0.200 e. The first-order valence-electron chi connectivity index (χ1n) is 8.94. The zero-order valence-electron chi connectivity index (χ0n) is 16.6. The van der Waals surface area contributed by atoms with E-state index in [4.69, 9.17) is 4.43 Å². The summed E-state index contributed by atoms with van der Waals surface area (Å²) in [6, 6.07) is 0. The maximum atomic E-state index is 10.5. The van der Waals surface area contributed by atoms with Crippen molar-refractivity contribution in [2.45, 2.75) is 91.1 Å². The molecule has 2 N–H and O–H groups in total. The predicted octanol–water partition coefficient (Wildman–Crippen LogP) is 4.20. The van der Waals surface area contributed by atoms with Crippen molar-refractivity contribution >= 4 is 8.32 Å². The maximum Gasteiger partial charge on any atom is 0.200 e. The fraction of sp³-hybridized carbons (Fsp3) is 0.895. The van der Waals surface area contributed by atoms with E-state index in [9.17, 15) is 10.2 Å². The minimum absolute atomic E-state index is 0.146. The molecule has 0 spiro atoms. The van der Waals surface area contributed by atoms with Crippen molar-refractivity contribution in [3.05, 3.63) is 0 Å². The minimum Gasteiger partial charge on any atom is -0.413 e. The normalized spacial score (nSPS) is 17.8. The molecule has 0 aliphatic carbocycles. The zero-order valence-corrected chi connectivity index (χ0v) is 17.6. The molecule has 4 atom stereocenters. The van der Waals surface area contributed by atoms with Crippen LogP contribution in [0.25, 0.3) is 0 Å². The Labute approximate surface area is 145 Å². The van der Waals surface area contributed by atoms with Gasteiger partial charge in [0.15, 0.2) is 8.32 Å². The van der Waals surface area contributed by atoms with Crippen LogP contribution in [0.4, 0.5) is 0 Å². The molecule has 0 aromatic heterocycles. The summed E-state index contributed by atoms with van der Waals surface area (Å²) >= 11 is 0. The molecule has 0 radical (unpaired) electrons. The summed E-state index contributed by atoms with van der Waals surface area (Å²) in [5, 5.41) is 20.8. The standard InChI is InChI=1S/C19H38O3Si/c1-10-11-16(8)19(21)17(9)18(20)12-22-23(13(2)3,14(4)5)15(6)7/h13-21H,12H2,1-9H3/t16-,17+,18+,19-/m1/s1. The zero-order chi connectivity index (χ0) is 18.4. The molecule has 23 heavy (non-hydrogen) atoms. The van der Waals surface area contributed by atoms with Gasteiger partial charge in [-0.3, -0.25) is 0 Å². The van der Waals surface area contributed by atoms with Crippen LogP contribution in [0.15, 0.2) is 0 Å². The number of aliphatic hydroxyl groups is 2. The molecular weight excluding hydrogens is 304 g/mol. The molecule has 0 saturated heterocycles. The summed E-state index contributed by atoms with van der Waals surface area (Å²) in [6.45, 7) is 19.2. The molecule has 136 valence electrons. The lowest BCUT2D eigenvalue weighted by Crippen LogP contribution is -2.50. The van der Waals surface area contributed by atoms with E-state index >= 15 is 0 Å². The summed E-state index contributed by atoms with van der Waals surface area (Å²) in [5.74, 6) is 5.39. The highest BCUT2D eigenvalue weighted by atomic mass is 28.4. The topological polar surface area (TPSA) is 49.7 Å². The van der Waals surface area contributed by atoms with Crippen LogP contribution in [0.2, 0.25) is 16.6 Å². The molecule has 0 aromatic carbocycles. The molecule has 0 heterocycles. The van der Waals surface area contributed by atoms with Crippen LogP contribution in [0.1, 0.15) is 62.3 Å². The summed E-state index contributed by atoms with van der Waals surface area (Å²) in [5.41, 5.74) is 1.46. The third kappa shape index (κ3) is 5.60. The van der Waals surface area contributed by atoms with Crippen LogP contribution in [-0.4, -0.2) is 37.3 Å². The molecule has 4 heteroatoms. The molecular formula is C19H38O3Si. The Bertz CT molecular complexity index is 373. The molecule has 0 rings (SSSR count). The highest BCUT2D eigenvalue weighted by Gasteiger charge is 2.45. The lowest BCUT2D eigenvalue weighted by molar-refractivity contribution is -0.0175. The Morgan fingerprint density at radius 2 is 1.30 bits per heavy atom. The van der Waals surface area contributed by atoms with E-state index in [1.807, 2.05) is 13.8 Å². The molecule has 0 aromatic rings. The molecule has 0 fully saturated rings. The fourth-order valence-corrected chi connectivity index (χ4v) is 9.34. The summed E-state index contributed by atoms with van der Waals surface area (Å²) in [4.78, 5) is 0. The first-order valence-corrected chi connectivity index (χ1v) is 11.1. The highest BCUT2D eigenvalue weighted by molar-refractivity contribution is 6.77. The van der Waals surface area contributed by atoms with Crippen LogP contribution < -0.4 is 0 Å². The highest BCUT2D eigenvalue weighted by Crippen LogP contribution is 2.42. The van der Waals surface area contributed by atoms with E-state index in [1.165, 1.54) is 0 Å². The monoisotopic (exact) mass is 342 g/mol. The fourth-order valence-electron chi connectivity index (χ4n) is 3.88. The maximum absolute atomic E-state index is 10.5. The largest absolute Gasteiger partial charge is 0.413 e. The molecule has 0 amide bonds. The second-order valence-electron chi connectivity index (χ2n) is 7.73. The van der Waals surface area contributed by atoms with Gasteiger partial charge in [0, 0.05) is 11.8 Å². The molecule has 0 aliphatic rings. The van der Waals surface area contributed by atoms with Gasteiger partial charge in [-0.25, -0.2) is 0 Å². The van der Waals surface area contributed by atoms with Gasteiger partial charge in [0.1, 0.15) is 0 Å². The number of rotatable bonds is 9. The Hall–Kier alpha value is -0.343. The van der Waals surface area contributed by atoms with Gasteiger partial charge >= 0.3 is 0 Å². The summed E-state index contributed by atoms with van der Waals surface area (Å²) in [6.07, 6.45) is -1.32. The lowest BCUT2D eigenvalue weighted by atomic mass is 9.90. The number of hydrogen-bond acceptors (Lipinski definition) is 3. The summed E-state index contributed by atoms with van der Waals surface area (Å²) < 4.78 is 6.43. The molecule has 0 aliphatic heterocycles. The number of hydrogen-bond donors (Lipinski definition) is 2. The van der Waals surface area contributed by atoms with E-state index < -0.39 is 20.5 Å². The van der Waals surface area contributed by atoms with Crippen molar-refractivity contribution in [2.75, 3.05) is 6.61 Å².